The van der Waals surface area contributed by atoms with Gasteiger partial charge in [-0.05, 0) is 51.0 Å². The van der Waals surface area contributed by atoms with Crippen LogP contribution in [0.4, 0.5) is 0 Å². The number of ether oxygens (including phenoxy) is 1. The van der Waals surface area contributed by atoms with Crippen molar-refractivity contribution in [2.45, 2.75) is 26.7 Å². The molecule has 1 aliphatic rings. The molecule has 132 valence electrons. The minimum Gasteiger partial charge on any atom is -0.466 e. The van der Waals surface area contributed by atoms with E-state index in [1.807, 2.05) is 42.0 Å². The van der Waals surface area contributed by atoms with Crippen LogP contribution in [0.1, 0.15) is 35.9 Å². The molecule has 0 spiro atoms. The van der Waals surface area contributed by atoms with Crippen LogP contribution >= 0.6 is 0 Å². The van der Waals surface area contributed by atoms with Crippen LogP contribution in [0, 0.1) is 12.8 Å². The van der Waals surface area contributed by atoms with E-state index in [0.29, 0.717) is 25.4 Å². The molecule has 0 radical (unpaired) electrons. The molecule has 0 N–H and O–H groups in total. The van der Waals surface area contributed by atoms with Crippen LogP contribution in [0.5, 0.6) is 0 Å². The largest absolute Gasteiger partial charge is 0.466 e. The van der Waals surface area contributed by atoms with Gasteiger partial charge in [-0.15, -0.1) is 0 Å². The summed E-state index contributed by atoms with van der Waals surface area (Å²) >= 11 is 0. The summed E-state index contributed by atoms with van der Waals surface area (Å²) in [4.78, 5) is 31.1. The maximum atomic E-state index is 13.0. The van der Waals surface area contributed by atoms with Crippen LogP contribution in [-0.4, -0.2) is 46.0 Å². The molecule has 3 heterocycles. The Morgan fingerprint density at radius 1 is 1.32 bits per heavy atom. The van der Waals surface area contributed by atoms with E-state index in [-0.39, 0.29) is 17.8 Å². The molecule has 1 amide bonds. The highest BCUT2D eigenvalue weighted by molar-refractivity contribution is 5.94. The summed E-state index contributed by atoms with van der Waals surface area (Å²) in [7, 11) is 0. The van der Waals surface area contributed by atoms with E-state index < -0.39 is 0 Å². The van der Waals surface area contributed by atoms with Crippen molar-refractivity contribution in [2.24, 2.45) is 5.92 Å². The summed E-state index contributed by atoms with van der Waals surface area (Å²) in [6.45, 7) is 5.15. The van der Waals surface area contributed by atoms with Crippen LogP contribution in [-0.2, 0) is 9.53 Å². The number of aromatic nitrogens is 2. The van der Waals surface area contributed by atoms with Gasteiger partial charge < -0.3 is 14.2 Å². The van der Waals surface area contributed by atoms with E-state index in [0.717, 1.165) is 24.2 Å². The predicted molar refractivity (Wildman–Crippen MR) is 93.6 cm³/mol. The fourth-order valence-electron chi connectivity index (χ4n) is 3.27. The SMILES string of the molecule is CCOC(=O)C1CCCN(C(=O)c2cccn2-c2cccnc2C)C1. The van der Waals surface area contributed by atoms with E-state index in [2.05, 4.69) is 4.98 Å². The molecule has 0 aliphatic carbocycles. The first-order valence-electron chi connectivity index (χ1n) is 8.67. The maximum absolute atomic E-state index is 13.0. The van der Waals surface area contributed by atoms with E-state index in [1.165, 1.54) is 0 Å². The first-order valence-corrected chi connectivity index (χ1v) is 8.67. The van der Waals surface area contributed by atoms with E-state index in [4.69, 9.17) is 4.74 Å². The number of nitrogens with zero attached hydrogens (tertiary/aromatic N) is 3. The zero-order chi connectivity index (χ0) is 17.8. The van der Waals surface area contributed by atoms with Crippen molar-refractivity contribution < 1.29 is 14.3 Å². The van der Waals surface area contributed by atoms with Crippen LogP contribution in [0.3, 0.4) is 0 Å². The third-order valence-electron chi connectivity index (χ3n) is 4.53. The molecule has 2 aromatic heterocycles. The number of piperidine rings is 1. The Kier molecular flexibility index (Phi) is 5.16. The molecule has 1 saturated heterocycles. The van der Waals surface area contributed by atoms with Gasteiger partial charge in [-0.3, -0.25) is 14.6 Å². The van der Waals surface area contributed by atoms with E-state index in [9.17, 15) is 9.59 Å². The number of carbonyl (C=O) groups is 2. The number of rotatable bonds is 4. The number of carbonyl (C=O) groups excluding carboxylic acids is 2. The Hall–Kier alpha value is -2.63. The minimum absolute atomic E-state index is 0.0674. The summed E-state index contributed by atoms with van der Waals surface area (Å²) in [5.74, 6) is -0.512. The van der Waals surface area contributed by atoms with Crippen LogP contribution < -0.4 is 0 Å². The average molecular weight is 341 g/mol. The molecule has 3 rings (SSSR count). The molecular formula is C19H23N3O3. The summed E-state index contributed by atoms with van der Waals surface area (Å²) in [6, 6.07) is 7.46. The quantitative estimate of drug-likeness (QED) is 0.802. The van der Waals surface area contributed by atoms with E-state index in [1.54, 1.807) is 18.0 Å². The molecule has 1 atom stereocenters. The van der Waals surface area contributed by atoms with Crippen LogP contribution in [0.15, 0.2) is 36.7 Å². The molecular weight excluding hydrogens is 318 g/mol. The second-order valence-corrected chi connectivity index (χ2v) is 6.21. The van der Waals surface area contributed by atoms with Crippen molar-refractivity contribution in [1.29, 1.82) is 0 Å². The Labute approximate surface area is 147 Å². The van der Waals surface area contributed by atoms with Crippen molar-refractivity contribution in [3.05, 3.63) is 48.0 Å². The van der Waals surface area contributed by atoms with E-state index >= 15 is 0 Å². The number of aryl methyl sites for hydroxylation is 1. The number of pyridine rings is 1. The normalized spacial score (nSPS) is 17.4. The second kappa shape index (κ2) is 7.51. The minimum atomic E-state index is -0.235. The molecule has 1 unspecified atom stereocenters. The molecule has 25 heavy (non-hydrogen) atoms. The average Bonchev–Trinajstić information content (AvgIpc) is 3.11. The van der Waals surface area contributed by atoms with Gasteiger partial charge in [0, 0.05) is 25.5 Å². The molecule has 6 heteroatoms. The zero-order valence-electron chi connectivity index (χ0n) is 14.6. The predicted octanol–water partition coefficient (Wildman–Crippen LogP) is 2.60. The Morgan fingerprint density at radius 3 is 2.92 bits per heavy atom. The maximum Gasteiger partial charge on any atom is 0.310 e. The third-order valence-corrected chi connectivity index (χ3v) is 4.53. The molecule has 2 aromatic rings. The topological polar surface area (TPSA) is 64.4 Å². The van der Waals surface area contributed by atoms with Gasteiger partial charge in [-0.2, -0.15) is 0 Å². The lowest BCUT2D eigenvalue weighted by atomic mass is 9.98. The van der Waals surface area contributed by atoms with Gasteiger partial charge in [0.1, 0.15) is 5.69 Å². The Balaban J connectivity index is 1.81. The van der Waals surface area contributed by atoms with Gasteiger partial charge in [0.15, 0.2) is 0 Å². The third kappa shape index (κ3) is 3.57. The number of amides is 1. The number of hydrogen-bond donors (Lipinski definition) is 0. The van der Waals surface area contributed by atoms with Crippen molar-refractivity contribution in [2.75, 3.05) is 19.7 Å². The van der Waals surface area contributed by atoms with Gasteiger partial charge in [0.05, 0.1) is 23.9 Å². The van der Waals surface area contributed by atoms with Crippen LogP contribution in [0.2, 0.25) is 0 Å². The standard InChI is InChI=1S/C19H23N3O3/c1-3-25-19(24)15-7-5-11-21(13-15)18(23)17-9-6-12-22(17)16-8-4-10-20-14(16)2/h4,6,8-10,12,15H,3,5,7,11,13H2,1-2H3. The molecule has 1 aliphatic heterocycles. The summed E-state index contributed by atoms with van der Waals surface area (Å²) in [5.41, 5.74) is 2.33. The fourth-order valence-corrected chi connectivity index (χ4v) is 3.27. The van der Waals surface area contributed by atoms with Gasteiger partial charge in [0.2, 0.25) is 0 Å². The van der Waals surface area contributed by atoms with Crippen LogP contribution in [0.25, 0.3) is 5.69 Å². The number of esters is 1. The summed E-state index contributed by atoms with van der Waals surface area (Å²) < 4.78 is 6.98. The fraction of sp³-hybridized carbons (Fsp3) is 0.421. The highest BCUT2D eigenvalue weighted by Gasteiger charge is 2.30. The lowest BCUT2D eigenvalue weighted by Gasteiger charge is -2.31. The number of hydrogen-bond acceptors (Lipinski definition) is 4. The van der Waals surface area contributed by atoms with Gasteiger partial charge >= 0.3 is 5.97 Å². The Morgan fingerprint density at radius 2 is 2.16 bits per heavy atom. The van der Waals surface area contributed by atoms with Gasteiger partial charge in [-0.25, -0.2) is 0 Å². The molecule has 0 saturated carbocycles. The molecule has 6 nitrogen and oxygen atoms in total. The number of likely N-dealkylation sites (tertiary alicyclic amines) is 1. The van der Waals surface area contributed by atoms with Crippen molar-refractivity contribution in [1.82, 2.24) is 14.5 Å². The molecule has 0 aromatic carbocycles. The molecule has 0 bridgehead atoms. The zero-order valence-corrected chi connectivity index (χ0v) is 14.6. The first-order chi connectivity index (χ1) is 12.1. The Bertz CT molecular complexity index is 769. The van der Waals surface area contributed by atoms with Crippen molar-refractivity contribution in [3.8, 4) is 5.69 Å². The first kappa shape index (κ1) is 17.2. The highest BCUT2D eigenvalue weighted by atomic mass is 16.5. The lowest BCUT2D eigenvalue weighted by molar-refractivity contribution is -0.149. The summed E-state index contributed by atoms with van der Waals surface area (Å²) in [6.07, 6.45) is 5.18. The molecule has 1 fully saturated rings. The van der Waals surface area contributed by atoms with Crippen molar-refractivity contribution in [3.63, 3.8) is 0 Å². The lowest BCUT2D eigenvalue weighted by Crippen LogP contribution is -2.43. The van der Waals surface area contributed by atoms with Gasteiger partial charge in [-0.1, -0.05) is 0 Å². The monoisotopic (exact) mass is 341 g/mol. The smallest absolute Gasteiger partial charge is 0.310 e. The van der Waals surface area contributed by atoms with Gasteiger partial charge in [0.25, 0.3) is 5.91 Å². The highest BCUT2D eigenvalue weighted by Crippen LogP contribution is 2.22. The van der Waals surface area contributed by atoms with Crippen molar-refractivity contribution >= 4 is 11.9 Å². The summed E-state index contributed by atoms with van der Waals surface area (Å²) in [5, 5.41) is 0. The second-order valence-electron chi connectivity index (χ2n) is 6.21.